The maximum atomic E-state index is 7.82. The Morgan fingerprint density at radius 3 is 2.32 bits per heavy atom. The summed E-state index contributed by atoms with van der Waals surface area (Å²) in [5.41, 5.74) is -0.838. The molecular formula is C13H21BN2O3. The molecule has 0 N–H and O–H groups in total. The highest BCUT2D eigenvalue weighted by Gasteiger charge is 2.52. The van der Waals surface area contributed by atoms with Crippen LogP contribution in [0, 0.1) is 0 Å². The van der Waals surface area contributed by atoms with Gasteiger partial charge in [0.05, 0.1) is 30.4 Å². The SMILES string of the molecule is [2H]C([2H])([2H])C([2H])(Oc1cnc(B2OC(C)(C)C(C)(C)O2)cn1)C([2H])([2H])[2H]. The predicted molar refractivity (Wildman–Crippen MR) is 73.5 cm³/mol. The molecule has 0 amide bonds. The van der Waals surface area contributed by atoms with E-state index < -0.39 is 44.0 Å². The van der Waals surface area contributed by atoms with E-state index >= 15 is 0 Å². The lowest BCUT2D eigenvalue weighted by atomic mass is 9.85. The fourth-order valence-corrected chi connectivity index (χ4v) is 1.57. The highest BCUT2D eigenvalue weighted by Crippen LogP contribution is 2.36. The van der Waals surface area contributed by atoms with Crippen LogP contribution in [0.25, 0.3) is 0 Å². The number of hydrogen-bond acceptors (Lipinski definition) is 5. The van der Waals surface area contributed by atoms with Crippen molar-refractivity contribution in [1.82, 2.24) is 9.97 Å². The molecular weight excluding hydrogens is 243 g/mol. The van der Waals surface area contributed by atoms with Gasteiger partial charge in [-0.15, -0.1) is 0 Å². The van der Waals surface area contributed by atoms with Crippen LogP contribution in [0.5, 0.6) is 5.88 Å². The molecule has 0 unspecified atom stereocenters. The number of ether oxygens (including phenoxy) is 1. The van der Waals surface area contributed by atoms with Crippen molar-refractivity contribution in [2.45, 2.75) is 58.7 Å². The molecule has 19 heavy (non-hydrogen) atoms. The van der Waals surface area contributed by atoms with Gasteiger partial charge in [-0.2, -0.15) is 0 Å². The van der Waals surface area contributed by atoms with Crippen molar-refractivity contribution in [1.29, 1.82) is 0 Å². The zero-order valence-electron chi connectivity index (χ0n) is 18.4. The molecule has 5 nitrogen and oxygen atoms in total. The lowest BCUT2D eigenvalue weighted by Crippen LogP contribution is -2.41. The van der Waals surface area contributed by atoms with Crippen molar-refractivity contribution in [2.75, 3.05) is 0 Å². The summed E-state index contributed by atoms with van der Waals surface area (Å²) in [6.07, 6.45) is -0.890. The Hall–Kier alpha value is -1.14. The highest BCUT2D eigenvalue weighted by atomic mass is 16.7. The second kappa shape index (κ2) is 4.76. The molecule has 0 radical (unpaired) electrons. The predicted octanol–water partition coefficient (Wildman–Crippen LogP) is 1.56. The highest BCUT2D eigenvalue weighted by molar-refractivity contribution is 6.61. The first-order valence-corrected chi connectivity index (χ1v) is 5.87. The van der Waals surface area contributed by atoms with Gasteiger partial charge in [0.1, 0.15) is 0 Å². The number of nitrogens with zero attached hydrogens (tertiary/aromatic N) is 2. The Morgan fingerprint density at radius 2 is 1.84 bits per heavy atom. The van der Waals surface area contributed by atoms with E-state index in [-0.39, 0.29) is 0 Å². The lowest BCUT2D eigenvalue weighted by Gasteiger charge is -2.32. The average Bonchev–Trinajstić information content (AvgIpc) is 2.65. The minimum Gasteiger partial charge on any atom is -0.474 e. The Balaban J connectivity index is 2.23. The third-order valence-corrected chi connectivity index (χ3v) is 3.35. The summed E-state index contributed by atoms with van der Waals surface area (Å²) in [6.45, 7) is 1.06. The van der Waals surface area contributed by atoms with E-state index in [0.717, 1.165) is 6.20 Å². The third-order valence-electron chi connectivity index (χ3n) is 3.35. The van der Waals surface area contributed by atoms with Crippen molar-refractivity contribution in [3.05, 3.63) is 12.4 Å². The van der Waals surface area contributed by atoms with Gasteiger partial charge < -0.3 is 14.0 Å². The molecule has 104 valence electrons. The summed E-state index contributed by atoms with van der Waals surface area (Å²) in [4.78, 5) is 7.92. The van der Waals surface area contributed by atoms with Crippen molar-refractivity contribution < 1.29 is 23.6 Å². The van der Waals surface area contributed by atoms with Crippen LogP contribution in [-0.2, 0) is 9.31 Å². The van der Waals surface area contributed by atoms with Crippen molar-refractivity contribution in [2.24, 2.45) is 0 Å². The van der Waals surface area contributed by atoms with Crippen molar-refractivity contribution >= 4 is 12.7 Å². The zero-order valence-corrected chi connectivity index (χ0v) is 11.4. The third kappa shape index (κ3) is 2.90. The number of aromatic nitrogens is 2. The number of hydrogen-bond donors (Lipinski definition) is 0. The Labute approximate surface area is 124 Å². The second-order valence-electron chi connectivity index (χ2n) is 5.30. The largest absolute Gasteiger partial charge is 0.516 e. The van der Waals surface area contributed by atoms with Crippen LogP contribution in [0.15, 0.2) is 12.4 Å². The van der Waals surface area contributed by atoms with Crippen LogP contribution >= 0.6 is 0 Å². The van der Waals surface area contributed by atoms with Gasteiger partial charge in [0.2, 0.25) is 5.88 Å². The smallest absolute Gasteiger partial charge is 0.474 e. The van der Waals surface area contributed by atoms with E-state index in [1.54, 1.807) is 0 Å². The quantitative estimate of drug-likeness (QED) is 0.781. The summed E-state index contributed by atoms with van der Waals surface area (Å²) in [5.74, 6) is -0.396. The topological polar surface area (TPSA) is 53.5 Å². The molecule has 0 spiro atoms. The first kappa shape index (κ1) is 7.60. The number of rotatable bonds is 3. The summed E-state index contributed by atoms with van der Waals surface area (Å²) in [6, 6.07) is 0. The molecule has 1 aliphatic rings. The molecule has 1 aromatic heterocycles. The fourth-order valence-electron chi connectivity index (χ4n) is 1.57. The van der Waals surface area contributed by atoms with Crippen LogP contribution in [-0.4, -0.2) is 34.4 Å². The monoisotopic (exact) mass is 271 g/mol. The molecule has 6 heteroatoms. The lowest BCUT2D eigenvalue weighted by molar-refractivity contribution is 0.00578. The summed E-state index contributed by atoms with van der Waals surface area (Å²) >= 11 is 0. The molecule has 0 bridgehead atoms. The first-order valence-electron chi connectivity index (χ1n) is 9.37. The van der Waals surface area contributed by atoms with E-state index in [9.17, 15) is 0 Å². The van der Waals surface area contributed by atoms with Crippen LogP contribution in [0.1, 0.15) is 51.0 Å². The molecule has 0 atom stereocenters. The molecule has 0 saturated carbocycles. The molecule has 0 aliphatic carbocycles. The van der Waals surface area contributed by atoms with Gasteiger partial charge in [-0.1, -0.05) is 0 Å². The van der Waals surface area contributed by atoms with E-state index in [0.29, 0.717) is 5.59 Å². The van der Waals surface area contributed by atoms with E-state index in [1.807, 2.05) is 27.7 Å². The Kier molecular flexibility index (Phi) is 1.90. The zero-order chi connectivity index (χ0) is 20.2. The maximum Gasteiger partial charge on any atom is 0.516 e. The normalized spacial score (nSPS) is 28.2. The van der Waals surface area contributed by atoms with Gasteiger partial charge in [-0.25, -0.2) is 4.98 Å². The standard InChI is InChI=1S/C13H21BN2O3/c1-9(2)17-11-8-15-10(7-16-11)14-18-12(3,4)13(5,6)19-14/h7-9H,1-6H3/i1D3,2D3,9D. The minimum atomic E-state index is -3.22. The Morgan fingerprint density at radius 1 is 1.21 bits per heavy atom. The van der Waals surface area contributed by atoms with Crippen molar-refractivity contribution in [3.8, 4) is 5.88 Å². The minimum absolute atomic E-state index is 0.314. The molecule has 1 saturated heterocycles. The van der Waals surface area contributed by atoms with Gasteiger partial charge in [0.25, 0.3) is 0 Å². The van der Waals surface area contributed by atoms with E-state index in [4.69, 9.17) is 23.6 Å². The maximum absolute atomic E-state index is 7.82. The first-order chi connectivity index (χ1) is 11.5. The molecule has 2 heterocycles. The van der Waals surface area contributed by atoms with Gasteiger partial charge in [-0.05, 0) is 41.4 Å². The van der Waals surface area contributed by atoms with Gasteiger partial charge in [0.15, 0.2) is 0 Å². The van der Waals surface area contributed by atoms with E-state index in [2.05, 4.69) is 9.97 Å². The van der Waals surface area contributed by atoms with Gasteiger partial charge in [0, 0.05) is 14.4 Å². The van der Waals surface area contributed by atoms with Crippen LogP contribution in [0.2, 0.25) is 0 Å². The van der Waals surface area contributed by atoms with E-state index in [1.165, 1.54) is 6.20 Å². The average molecular weight is 271 g/mol. The molecule has 2 rings (SSSR count). The van der Waals surface area contributed by atoms with Crippen LogP contribution in [0.4, 0.5) is 0 Å². The Bertz CT molecular complexity index is 631. The van der Waals surface area contributed by atoms with Gasteiger partial charge in [-0.3, -0.25) is 4.98 Å². The molecule has 1 aliphatic heterocycles. The van der Waals surface area contributed by atoms with Crippen molar-refractivity contribution in [3.63, 3.8) is 0 Å². The second-order valence-corrected chi connectivity index (χ2v) is 5.30. The summed E-state index contributed by atoms with van der Waals surface area (Å²) in [5, 5.41) is 0. The molecule has 1 fully saturated rings. The summed E-state index contributed by atoms with van der Waals surface area (Å²) < 4.78 is 68.3. The summed E-state index contributed by atoms with van der Waals surface area (Å²) in [7, 11) is -0.785. The van der Waals surface area contributed by atoms with Crippen LogP contribution < -0.4 is 10.3 Å². The molecule has 1 aromatic rings. The van der Waals surface area contributed by atoms with Gasteiger partial charge >= 0.3 is 7.12 Å². The molecule has 0 aromatic carbocycles. The van der Waals surface area contributed by atoms with Crippen LogP contribution in [0.3, 0.4) is 0 Å². The fraction of sp³-hybridized carbons (Fsp3) is 0.692.